The maximum absolute atomic E-state index is 12.8. The van der Waals surface area contributed by atoms with Crippen LogP contribution in [0.2, 0.25) is 0 Å². The summed E-state index contributed by atoms with van der Waals surface area (Å²) in [4.78, 5) is 27.6. The highest BCUT2D eigenvalue weighted by Crippen LogP contribution is 2.30. The number of hydrogen-bond donors (Lipinski definition) is 1. The average molecular weight is 544 g/mol. The molecule has 4 rings (SSSR count). The van der Waals surface area contributed by atoms with Crippen LogP contribution in [0, 0.1) is 11.8 Å². The topological polar surface area (TPSA) is 79.8 Å². The molecule has 0 bridgehead atoms. The number of anilines is 1. The van der Waals surface area contributed by atoms with Gasteiger partial charge in [-0.2, -0.15) is 0 Å². The molecule has 0 aromatic carbocycles. The second kappa shape index (κ2) is 14.2. The minimum atomic E-state index is -0.0783. The van der Waals surface area contributed by atoms with Gasteiger partial charge in [0, 0.05) is 76.0 Å². The van der Waals surface area contributed by atoms with Crippen LogP contribution in [0.15, 0.2) is 6.07 Å². The van der Waals surface area contributed by atoms with E-state index in [1.807, 2.05) is 0 Å². The quantitative estimate of drug-likeness (QED) is 0.470. The maximum Gasteiger partial charge on any atom is 0.223 e. The summed E-state index contributed by atoms with van der Waals surface area (Å²) < 4.78 is 10.8. The van der Waals surface area contributed by atoms with Gasteiger partial charge < -0.3 is 19.7 Å². The zero-order valence-electron chi connectivity index (χ0n) is 25.2. The molecule has 8 nitrogen and oxygen atoms in total. The van der Waals surface area contributed by atoms with E-state index in [4.69, 9.17) is 19.4 Å². The zero-order chi connectivity index (χ0) is 27.8. The summed E-state index contributed by atoms with van der Waals surface area (Å²) in [5.74, 6) is 3.24. The van der Waals surface area contributed by atoms with Gasteiger partial charge in [0.25, 0.3) is 0 Å². The fourth-order valence-corrected chi connectivity index (χ4v) is 6.36. The normalized spacial score (nSPS) is 26.9. The molecule has 1 aliphatic heterocycles. The summed E-state index contributed by atoms with van der Waals surface area (Å²) in [5.41, 5.74) is 0.991. The number of carbonyl (C=O) groups is 1. The summed E-state index contributed by atoms with van der Waals surface area (Å²) in [5, 5.41) is 3.38. The number of amides is 1. The van der Waals surface area contributed by atoms with Gasteiger partial charge in [0.2, 0.25) is 5.91 Å². The maximum atomic E-state index is 12.8. The molecule has 1 amide bonds. The molecule has 1 N–H and O–H groups in total. The molecular formula is C31H53N5O3. The number of methoxy groups -OCH3 is 2. The molecule has 8 heteroatoms. The first-order valence-electron chi connectivity index (χ1n) is 15.4. The number of aromatic nitrogens is 2. The van der Waals surface area contributed by atoms with Gasteiger partial charge in [0.1, 0.15) is 11.6 Å². The lowest BCUT2D eigenvalue weighted by atomic mass is 9.83. The van der Waals surface area contributed by atoms with E-state index >= 15 is 0 Å². The van der Waals surface area contributed by atoms with E-state index in [0.29, 0.717) is 18.8 Å². The van der Waals surface area contributed by atoms with Crippen molar-refractivity contribution >= 4 is 11.7 Å². The standard InChI is InChI=1S/C31H53N5O3/c1-31(2,3)30-33-26(15-21-38-4)22-28(34-30)36-19-17-35(18-20-36)16-14-23-6-10-25(11-7-23)32-29(37)24-8-12-27(39-5)13-9-24/h22-25,27H,6-21H2,1-5H3,(H,32,37)/t23-,24-,25+,27+. The van der Waals surface area contributed by atoms with Crippen LogP contribution >= 0.6 is 0 Å². The Bertz CT molecular complexity index is 896. The number of hydrogen-bond acceptors (Lipinski definition) is 7. The van der Waals surface area contributed by atoms with Crippen molar-refractivity contribution in [3.05, 3.63) is 17.6 Å². The lowest BCUT2D eigenvalue weighted by Gasteiger charge is -2.37. The number of nitrogens with zero attached hydrogens (tertiary/aromatic N) is 4. The molecule has 1 saturated heterocycles. The van der Waals surface area contributed by atoms with Gasteiger partial charge in [-0.05, 0) is 70.3 Å². The number of nitrogens with one attached hydrogen (secondary N) is 1. The lowest BCUT2D eigenvalue weighted by molar-refractivity contribution is -0.127. The fourth-order valence-electron chi connectivity index (χ4n) is 6.36. The predicted molar refractivity (Wildman–Crippen MR) is 156 cm³/mol. The SMILES string of the molecule is COCCc1cc(N2CCN(CC[C@H]3CC[C@@H](NC(=O)[C@H]4CC[C@@H](OC)CC4)CC3)CC2)nc(C(C)(C)C)n1. The Morgan fingerprint density at radius 1 is 0.974 bits per heavy atom. The molecule has 1 aromatic rings. The van der Waals surface area contributed by atoms with Gasteiger partial charge in [-0.25, -0.2) is 9.97 Å². The summed E-state index contributed by atoms with van der Waals surface area (Å²) in [6.45, 7) is 12.6. The van der Waals surface area contributed by atoms with Crippen LogP contribution in [-0.2, 0) is 26.1 Å². The van der Waals surface area contributed by atoms with Gasteiger partial charge in [-0.15, -0.1) is 0 Å². The van der Waals surface area contributed by atoms with E-state index in [1.54, 1.807) is 14.2 Å². The third kappa shape index (κ3) is 8.86. The highest BCUT2D eigenvalue weighted by molar-refractivity contribution is 5.79. The Kier molecular flexibility index (Phi) is 11.0. The van der Waals surface area contributed by atoms with Gasteiger partial charge in [0.15, 0.2) is 0 Å². The molecule has 3 fully saturated rings. The lowest BCUT2D eigenvalue weighted by Crippen LogP contribution is -2.47. The van der Waals surface area contributed by atoms with Crippen molar-refractivity contribution in [1.82, 2.24) is 20.2 Å². The van der Waals surface area contributed by atoms with E-state index in [1.165, 1.54) is 25.8 Å². The highest BCUT2D eigenvalue weighted by atomic mass is 16.5. The monoisotopic (exact) mass is 543 g/mol. The Balaban J connectivity index is 1.17. The van der Waals surface area contributed by atoms with Crippen LogP contribution in [-0.4, -0.2) is 86.5 Å². The average Bonchev–Trinajstić information content (AvgIpc) is 2.95. The molecule has 2 heterocycles. The smallest absolute Gasteiger partial charge is 0.223 e. The molecular weight excluding hydrogens is 490 g/mol. The number of rotatable bonds is 10. The number of piperazine rings is 1. The Hall–Kier alpha value is -1.77. The van der Waals surface area contributed by atoms with Crippen LogP contribution in [0.4, 0.5) is 5.82 Å². The van der Waals surface area contributed by atoms with E-state index in [2.05, 4.69) is 42.0 Å². The summed E-state index contributed by atoms with van der Waals surface area (Å²) in [6, 6.07) is 2.53. The van der Waals surface area contributed by atoms with Gasteiger partial charge in [0.05, 0.1) is 12.7 Å². The van der Waals surface area contributed by atoms with Crippen LogP contribution < -0.4 is 10.2 Å². The van der Waals surface area contributed by atoms with Crippen molar-refractivity contribution in [3.8, 4) is 0 Å². The van der Waals surface area contributed by atoms with Crippen LogP contribution in [0.1, 0.15) is 90.1 Å². The minimum absolute atomic E-state index is 0.0783. The van der Waals surface area contributed by atoms with Crippen molar-refractivity contribution < 1.29 is 14.3 Å². The van der Waals surface area contributed by atoms with Crippen LogP contribution in [0.5, 0.6) is 0 Å². The summed E-state index contributed by atoms with van der Waals surface area (Å²) >= 11 is 0. The Morgan fingerprint density at radius 3 is 2.28 bits per heavy atom. The van der Waals surface area contributed by atoms with E-state index in [0.717, 1.165) is 94.4 Å². The first kappa shape index (κ1) is 30.2. The number of carbonyl (C=O) groups excluding carboxylic acids is 1. The molecule has 39 heavy (non-hydrogen) atoms. The molecule has 2 saturated carbocycles. The molecule has 0 atom stereocenters. The third-order valence-electron chi connectivity index (χ3n) is 9.12. The second-order valence-corrected chi connectivity index (χ2v) is 13.1. The van der Waals surface area contributed by atoms with E-state index < -0.39 is 0 Å². The van der Waals surface area contributed by atoms with Crippen molar-refractivity contribution in [3.63, 3.8) is 0 Å². The third-order valence-corrected chi connectivity index (χ3v) is 9.12. The van der Waals surface area contributed by atoms with Crippen LogP contribution in [0.25, 0.3) is 0 Å². The van der Waals surface area contributed by atoms with Crippen molar-refractivity contribution in [2.45, 2.75) is 103 Å². The molecule has 2 aliphatic carbocycles. The fraction of sp³-hybridized carbons (Fsp3) is 0.839. The molecule has 220 valence electrons. The van der Waals surface area contributed by atoms with E-state index in [-0.39, 0.29) is 17.2 Å². The molecule has 1 aromatic heterocycles. The molecule has 0 spiro atoms. The molecule has 0 radical (unpaired) electrons. The van der Waals surface area contributed by atoms with Crippen molar-refractivity contribution in [2.24, 2.45) is 11.8 Å². The first-order valence-corrected chi connectivity index (χ1v) is 15.4. The van der Waals surface area contributed by atoms with Gasteiger partial charge in [-0.1, -0.05) is 20.8 Å². The van der Waals surface area contributed by atoms with Gasteiger partial charge >= 0.3 is 0 Å². The van der Waals surface area contributed by atoms with Crippen molar-refractivity contribution in [1.29, 1.82) is 0 Å². The summed E-state index contributed by atoms with van der Waals surface area (Å²) in [7, 11) is 3.53. The Morgan fingerprint density at radius 2 is 1.67 bits per heavy atom. The van der Waals surface area contributed by atoms with Crippen molar-refractivity contribution in [2.75, 3.05) is 58.5 Å². The highest BCUT2D eigenvalue weighted by Gasteiger charge is 2.30. The molecule has 3 aliphatic rings. The minimum Gasteiger partial charge on any atom is -0.384 e. The predicted octanol–water partition coefficient (Wildman–Crippen LogP) is 4.36. The summed E-state index contributed by atoms with van der Waals surface area (Å²) in [6.07, 6.45) is 11.1. The van der Waals surface area contributed by atoms with Gasteiger partial charge in [-0.3, -0.25) is 9.69 Å². The first-order chi connectivity index (χ1) is 18.7. The van der Waals surface area contributed by atoms with Crippen LogP contribution in [0.3, 0.4) is 0 Å². The largest absolute Gasteiger partial charge is 0.384 e. The van der Waals surface area contributed by atoms with E-state index in [9.17, 15) is 4.79 Å². The zero-order valence-corrected chi connectivity index (χ0v) is 25.2. The second-order valence-electron chi connectivity index (χ2n) is 13.1. The molecule has 0 unspecified atom stereocenters. The number of ether oxygens (including phenoxy) is 2. The Labute approximate surface area is 236 Å².